The second kappa shape index (κ2) is 7.08. The van der Waals surface area contributed by atoms with Crippen molar-refractivity contribution in [3.8, 4) is 0 Å². The summed E-state index contributed by atoms with van der Waals surface area (Å²) >= 11 is 9.53. The van der Waals surface area contributed by atoms with E-state index in [0.717, 1.165) is 41.3 Å². The molecule has 3 nitrogen and oxygen atoms in total. The Kier molecular flexibility index (Phi) is 5.43. The monoisotopic (exact) mass is 341 g/mol. The van der Waals surface area contributed by atoms with Crippen LogP contribution in [0.1, 0.15) is 17.8 Å². The second-order valence-corrected chi connectivity index (χ2v) is 5.80. The summed E-state index contributed by atoms with van der Waals surface area (Å²) in [5.74, 6) is 1.07. The van der Waals surface area contributed by atoms with E-state index in [1.807, 2.05) is 31.6 Å². The van der Waals surface area contributed by atoms with Crippen molar-refractivity contribution in [1.82, 2.24) is 14.9 Å². The molecule has 1 aromatic carbocycles. The van der Waals surface area contributed by atoms with Gasteiger partial charge in [0, 0.05) is 34.9 Å². The molecular formula is C14H17BrClN3. The summed E-state index contributed by atoms with van der Waals surface area (Å²) in [5, 5.41) is 3.90. The van der Waals surface area contributed by atoms with E-state index in [2.05, 4.69) is 36.9 Å². The van der Waals surface area contributed by atoms with E-state index >= 15 is 0 Å². The molecule has 19 heavy (non-hydrogen) atoms. The number of hydrogen-bond donors (Lipinski definition) is 1. The molecule has 0 spiro atoms. The first-order valence-corrected chi connectivity index (χ1v) is 7.45. The van der Waals surface area contributed by atoms with E-state index in [1.165, 1.54) is 5.56 Å². The van der Waals surface area contributed by atoms with Crippen molar-refractivity contribution in [2.45, 2.75) is 19.4 Å². The Morgan fingerprint density at radius 3 is 2.95 bits per heavy atom. The molecule has 0 saturated carbocycles. The lowest BCUT2D eigenvalue weighted by molar-refractivity contribution is 0.594. The zero-order chi connectivity index (χ0) is 13.7. The minimum absolute atomic E-state index is 0.748. The van der Waals surface area contributed by atoms with Gasteiger partial charge in [0.15, 0.2) is 0 Å². The van der Waals surface area contributed by atoms with Gasteiger partial charge in [0.1, 0.15) is 5.82 Å². The lowest BCUT2D eigenvalue weighted by Crippen LogP contribution is -2.12. The normalized spacial score (nSPS) is 10.9. The molecule has 5 heteroatoms. The van der Waals surface area contributed by atoms with Crippen LogP contribution < -0.4 is 5.32 Å². The van der Waals surface area contributed by atoms with E-state index in [1.54, 1.807) is 0 Å². The number of nitrogens with one attached hydrogen (secondary N) is 1. The van der Waals surface area contributed by atoms with E-state index in [0.29, 0.717) is 0 Å². The van der Waals surface area contributed by atoms with Gasteiger partial charge in [0.2, 0.25) is 0 Å². The third-order valence-corrected chi connectivity index (χ3v) is 3.59. The van der Waals surface area contributed by atoms with E-state index < -0.39 is 0 Å². The summed E-state index contributed by atoms with van der Waals surface area (Å²) in [6, 6.07) is 5.96. The van der Waals surface area contributed by atoms with Crippen LogP contribution in [-0.4, -0.2) is 23.1 Å². The van der Waals surface area contributed by atoms with Crippen molar-refractivity contribution in [1.29, 1.82) is 0 Å². The van der Waals surface area contributed by atoms with E-state index in [-0.39, 0.29) is 0 Å². The van der Waals surface area contributed by atoms with Gasteiger partial charge in [0.05, 0.1) is 0 Å². The Hall–Kier alpha value is -0.840. The molecule has 1 N–H and O–H groups in total. The summed E-state index contributed by atoms with van der Waals surface area (Å²) in [7, 11) is 1.97. The molecule has 0 unspecified atom stereocenters. The molecule has 0 radical (unpaired) electrons. The fourth-order valence-corrected chi connectivity index (χ4v) is 2.96. The Labute approximate surface area is 127 Å². The fourth-order valence-electron chi connectivity index (χ4n) is 2.03. The van der Waals surface area contributed by atoms with Crippen LogP contribution in [0.15, 0.2) is 35.1 Å². The number of halogens is 2. The maximum Gasteiger partial charge on any atom is 0.113 e. The number of aromatic nitrogens is 2. The van der Waals surface area contributed by atoms with Crippen molar-refractivity contribution in [2.24, 2.45) is 0 Å². The maximum atomic E-state index is 6.07. The average molecular weight is 343 g/mol. The molecule has 0 saturated heterocycles. The summed E-state index contributed by atoms with van der Waals surface area (Å²) in [6.07, 6.45) is 5.78. The highest BCUT2D eigenvalue weighted by Crippen LogP contribution is 2.21. The minimum atomic E-state index is 0.748. The summed E-state index contributed by atoms with van der Waals surface area (Å²) in [6.45, 7) is 2.00. The molecule has 2 aromatic rings. The van der Waals surface area contributed by atoms with E-state index in [9.17, 15) is 0 Å². The number of nitrogens with zero attached hydrogens (tertiary/aromatic N) is 2. The fraction of sp³-hybridized carbons (Fsp3) is 0.357. The lowest BCUT2D eigenvalue weighted by atomic mass is 10.1. The van der Waals surface area contributed by atoms with Crippen LogP contribution in [0.3, 0.4) is 0 Å². The van der Waals surface area contributed by atoms with Crippen molar-refractivity contribution in [3.63, 3.8) is 0 Å². The number of aryl methyl sites for hydroxylation is 1. The van der Waals surface area contributed by atoms with Gasteiger partial charge in [-0.1, -0.05) is 27.5 Å². The average Bonchev–Trinajstić information content (AvgIpc) is 2.76. The quantitative estimate of drug-likeness (QED) is 0.814. The lowest BCUT2D eigenvalue weighted by Gasteiger charge is -2.08. The van der Waals surface area contributed by atoms with Crippen LogP contribution in [0, 0.1) is 0 Å². The summed E-state index contributed by atoms with van der Waals surface area (Å²) < 4.78 is 3.20. The molecule has 0 bridgehead atoms. The molecule has 0 aliphatic carbocycles. The van der Waals surface area contributed by atoms with Crippen LogP contribution in [0.5, 0.6) is 0 Å². The summed E-state index contributed by atoms with van der Waals surface area (Å²) in [4.78, 5) is 4.43. The van der Waals surface area contributed by atoms with Crippen molar-refractivity contribution in [3.05, 3.63) is 51.5 Å². The molecular weight excluding hydrogens is 326 g/mol. The second-order valence-electron chi connectivity index (χ2n) is 4.45. The van der Waals surface area contributed by atoms with Gasteiger partial charge < -0.3 is 9.88 Å². The van der Waals surface area contributed by atoms with Gasteiger partial charge in [-0.3, -0.25) is 0 Å². The summed E-state index contributed by atoms with van der Waals surface area (Å²) in [5.41, 5.74) is 1.17. The first kappa shape index (κ1) is 14.6. The van der Waals surface area contributed by atoms with Crippen LogP contribution in [0.25, 0.3) is 0 Å². The highest BCUT2D eigenvalue weighted by molar-refractivity contribution is 9.10. The SMILES string of the molecule is CNCCCn1ccnc1Cc1cc(Cl)cc(Br)c1. The highest BCUT2D eigenvalue weighted by atomic mass is 79.9. The third kappa shape index (κ3) is 4.34. The van der Waals surface area contributed by atoms with Crippen molar-refractivity contribution < 1.29 is 0 Å². The van der Waals surface area contributed by atoms with Crippen LogP contribution in [-0.2, 0) is 13.0 Å². The number of hydrogen-bond acceptors (Lipinski definition) is 2. The van der Waals surface area contributed by atoms with Crippen LogP contribution in [0.2, 0.25) is 5.02 Å². The molecule has 1 heterocycles. The first-order valence-electron chi connectivity index (χ1n) is 6.28. The van der Waals surface area contributed by atoms with Gasteiger partial charge in [-0.15, -0.1) is 0 Å². The standard InChI is InChI=1S/C14H17BrClN3/c1-17-3-2-5-19-6-4-18-14(19)9-11-7-12(15)10-13(16)8-11/h4,6-8,10,17H,2-3,5,9H2,1H3. The predicted octanol–water partition coefficient (Wildman–Crippen LogP) is 3.50. The molecule has 2 rings (SSSR count). The zero-order valence-electron chi connectivity index (χ0n) is 10.9. The molecule has 0 aliphatic heterocycles. The van der Waals surface area contributed by atoms with Gasteiger partial charge in [0.25, 0.3) is 0 Å². The van der Waals surface area contributed by atoms with E-state index in [4.69, 9.17) is 11.6 Å². The Morgan fingerprint density at radius 2 is 2.21 bits per heavy atom. The Morgan fingerprint density at radius 1 is 1.37 bits per heavy atom. The number of rotatable bonds is 6. The Bertz CT molecular complexity index is 519. The number of imidazole rings is 1. The van der Waals surface area contributed by atoms with Crippen LogP contribution in [0.4, 0.5) is 0 Å². The highest BCUT2D eigenvalue weighted by Gasteiger charge is 2.05. The smallest absolute Gasteiger partial charge is 0.113 e. The van der Waals surface area contributed by atoms with Crippen molar-refractivity contribution >= 4 is 27.5 Å². The van der Waals surface area contributed by atoms with Crippen LogP contribution >= 0.6 is 27.5 Å². The maximum absolute atomic E-state index is 6.07. The van der Waals surface area contributed by atoms with Gasteiger partial charge in [-0.05, 0) is 43.8 Å². The molecule has 0 amide bonds. The first-order chi connectivity index (χ1) is 9.19. The zero-order valence-corrected chi connectivity index (χ0v) is 13.2. The van der Waals surface area contributed by atoms with Gasteiger partial charge in [-0.25, -0.2) is 4.98 Å². The molecule has 0 atom stereocenters. The Balaban J connectivity index is 2.08. The van der Waals surface area contributed by atoms with Gasteiger partial charge in [-0.2, -0.15) is 0 Å². The molecule has 1 aromatic heterocycles. The molecule has 0 fully saturated rings. The number of benzene rings is 1. The third-order valence-electron chi connectivity index (χ3n) is 2.91. The van der Waals surface area contributed by atoms with Gasteiger partial charge >= 0.3 is 0 Å². The largest absolute Gasteiger partial charge is 0.335 e. The van der Waals surface area contributed by atoms with Crippen molar-refractivity contribution in [2.75, 3.05) is 13.6 Å². The molecule has 0 aliphatic rings. The molecule has 102 valence electrons. The topological polar surface area (TPSA) is 29.9 Å². The minimum Gasteiger partial charge on any atom is -0.335 e. The predicted molar refractivity (Wildman–Crippen MR) is 82.7 cm³/mol.